The van der Waals surface area contributed by atoms with Gasteiger partial charge in [0.05, 0.1) is 6.54 Å². The van der Waals surface area contributed by atoms with Crippen LogP contribution in [0.1, 0.15) is 63.5 Å². The minimum absolute atomic E-state index is 0.103. The number of rotatable bonds is 6. The van der Waals surface area contributed by atoms with Crippen LogP contribution in [0.3, 0.4) is 0 Å². The molecular formula is C24H38N4O. The van der Waals surface area contributed by atoms with E-state index in [-0.39, 0.29) is 5.91 Å². The Hall–Kier alpha value is -1.43. The standard InChI is InChI=1S/C24H38N4O/c1-20(27-15-17-28(18-16-27)23-7-3-2-4-8-23)21-9-11-22(12-10-21)25-24(29)19-26-13-5-6-14-26/h9-12,20,23H,2-8,13-19H2,1H3,(H,25,29). The van der Waals surface area contributed by atoms with Crippen molar-refractivity contribution in [3.8, 4) is 0 Å². The molecule has 0 spiro atoms. The van der Waals surface area contributed by atoms with Crippen molar-refractivity contribution < 1.29 is 4.79 Å². The highest BCUT2D eigenvalue weighted by Crippen LogP contribution is 2.27. The maximum Gasteiger partial charge on any atom is 0.238 e. The maximum absolute atomic E-state index is 12.2. The molecule has 0 aromatic heterocycles. The molecule has 1 atom stereocenters. The molecule has 160 valence electrons. The van der Waals surface area contributed by atoms with E-state index in [9.17, 15) is 4.79 Å². The number of carbonyl (C=O) groups is 1. The fourth-order valence-electron chi connectivity index (χ4n) is 5.34. The summed E-state index contributed by atoms with van der Waals surface area (Å²) in [6.07, 6.45) is 9.51. The number of benzene rings is 1. The normalized spacial score (nSPS) is 23.9. The lowest BCUT2D eigenvalue weighted by Crippen LogP contribution is -2.51. The van der Waals surface area contributed by atoms with E-state index in [1.165, 1.54) is 63.6 Å². The molecule has 1 aromatic rings. The van der Waals surface area contributed by atoms with Crippen LogP contribution < -0.4 is 5.32 Å². The summed E-state index contributed by atoms with van der Waals surface area (Å²) in [6.45, 7) is 9.67. The van der Waals surface area contributed by atoms with Crippen LogP contribution in [0.2, 0.25) is 0 Å². The summed E-state index contributed by atoms with van der Waals surface area (Å²) in [5.74, 6) is 0.103. The van der Waals surface area contributed by atoms with Crippen molar-refractivity contribution in [2.75, 3.05) is 51.1 Å². The minimum Gasteiger partial charge on any atom is -0.325 e. The molecule has 2 aliphatic heterocycles. The van der Waals surface area contributed by atoms with Crippen LogP contribution in [0.5, 0.6) is 0 Å². The molecule has 4 rings (SSSR count). The van der Waals surface area contributed by atoms with Crippen molar-refractivity contribution in [3.05, 3.63) is 29.8 Å². The minimum atomic E-state index is 0.103. The van der Waals surface area contributed by atoms with Crippen molar-refractivity contribution >= 4 is 11.6 Å². The molecule has 1 aromatic carbocycles. The Morgan fingerprint density at radius 3 is 2.24 bits per heavy atom. The molecular weight excluding hydrogens is 360 g/mol. The average Bonchev–Trinajstić information content (AvgIpc) is 3.27. The molecule has 1 amide bonds. The largest absolute Gasteiger partial charge is 0.325 e. The van der Waals surface area contributed by atoms with E-state index in [4.69, 9.17) is 0 Å². The van der Waals surface area contributed by atoms with E-state index in [1.54, 1.807) is 0 Å². The number of hydrogen-bond donors (Lipinski definition) is 1. The zero-order valence-corrected chi connectivity index (χ0v) is 18.1. The van der Waals surface area contributed by atoms with Gasteiger partial charge in [-0.05, 0) is 63.4 Å². The molecule has 3 aliphatic rings. The number of piperazine rings is 1. The van der Waals surface area contributed by atoms with Gasteiger partial charge >= 0.3 is 0 Å². The second kappa shape index (κ2) is 10.1. The van der Waals surface area contributed by atoms with Gasteiger partial charge in [-0.1, -0.05) is 31.4 Å². The van der Waals surface area contributed by atoms with Gasteiger partial charge in [0.2, 0.25) is 5.91 Å². The zero-order valence-electron chi connectivity index (χ0n) is 18.1. The highest BCUT2D eigenvalue weighted by Gasteiger charge is 2.27. The molecule has 29 heavy (non-hydrogen) atoms. The Bertz CT molecular complexity index is 641. The highest BCUT2D eigenvalue weighted by molar-refractivity contribution is 5.92. The van der Waals surface area contributed by atoms with Gasteiger partial charge < -0.3 is 5.32 Å². The van der Waals surface area contributed by atoms with Crippen molar-refractivity contribution in [3.63, 3.8) is 0 Å². The van der Waals surface area contributed by atoms with Gasteiger partial charge in [0.25, 0.3) is 0 Å². The van der Waals surface area contributed by atoms with Crippen molar-refractivity contribution in [2.45, 2.75) is 64.0 Å². The van der Waals surface area contributed by atoms with E-state index in [2.05, 4.69) is 51.2 Å². The summed E-state index contributed by atoms with van der Waals surface area (Å²) in [7, 11) is 0. The third-order valence-electron chi connectivity index (χ3n) is 7.23. The molecule has 1 saturated carbocycles. The topological polar surface area (TPSA) is 38.8 Å². The second-order valence-corrected chi connectivity index (χ2v) is 9.19. The first-order valence-corrected chi connectivity index (χ1v) is 11.8. The lowest BCUT2D eigenvalue weighted by molar-refractivity contribution is -0.117. The number of likely N-dealkylation sites (tertiary alicyclic amines) is 1. The van der Waals surface area contributed by atoms with Crippen LogP contribution in [0.25, 0.3) is 0 Å². The molecule has 2 heterocycles. The lowest BCUT2D eigenvalue weighted by Gasteiger charge is -2.42. The predicted molar refractivity (Wildman–Crippen MR) is 119 cm³/mol. The van der Waals surface area contributed by atoms with Crippen LogP contribution in [-0.2, 0) is 4.79 Å². The van der Waals surface area contributed by atoms with Crippen molar-refractivity contribution in [2.24, 2.45) is 0 Å². The summed E-state index contributed by atoms with van der Waals surface area (Å²) < 4.78 is 0. The summed E-state index contributed by atoms with van der Waals surface area (Å²) in [5, 5.41) is 3.06. The smallest absolute Gasteiger partial charge is 0.238 e. The van der Waals surface area contributed by atoms with Crippen molar-refractivity contribution in [1.29, 1.82) is 0 Å². The number of anilines is 1. The summed E-state index contributed by atoms with van der Waals surface area (Å²) in [6, 6.07) is 9.76. The molecule has 1 aliphatic carbocycles. The van der Waals surface area contributed by atoms with Gasteiger partial charge in [-0.25, -0.2) is 0 Å². The Kier molecular flexibility index (Phi) is 7.22. The lowest BCUT2D eigenvalue weighted by atomic mass is 9.93. The number of nitrogens with zero attached hydrogens (tertiary/aromatic N) is 3. The fraction of sp³-hybridized carbons (Fsp3) is 0.708. The quantitative estimate of drug-likeness (QED) is 0.792. The number of amides is 1. The fourth-order valence-corrected chi connectivity index (χ4v) is 5.34. The monoisotopic (exact) mass is 398 g/mol. The SMILES string of the molecule is CC(c1ccc(NC(=O)CN2CCCC2)cc1)N1CCN(C2CCCCC2)CC1. The zero-order chi connectivity index (χ0) is 20.1. The van der Waals surface area contributed by atoms with Crippen LogP contribution >= 0.6 is 0 Å². The Balaban J connectivity index is 1.24. The first kappa shape index (κ1) is 20.8. The van der Waals surface area contributed by atoms with Crippen LogP contribution in [-0.4, -0.2) is 72.5 Å². The van der Waals surface area contributed by atoms with Crippen LogP contribution in [0.15, 0.2) is 24.3 Å². The molecule has 0 bridgehead atoms. The van der Waals surface area contributed by atoms with E-state index in [1.807, 2.05) is 0 Å². The molecule has 5 nitrogen and oxygen atoms in total. The average molecular weight is 399 g/mol. The van der Waals surface area contributed by atoms with Gasteiger partial charge in [-0.2, -0.15) is 0 Å². The Labute approximate surface area is 176 Å². The molecule has 5 heteroatoms. The van der Waals surface area contributed by atoms with E-state index in [0.717, 1.165) is 37.9 Å². The number of nitrogens with one attached hydrogen (secondary N) is 1. The number of hydrogen-bond acceptors (Lipinski definition) is 4. The first-order chi connectivity index (χ1) is 14.2. The molecule has 1 N–H and O–H groups in total. The Morgan fingerprint density at radius 1 is 0.931 bits per heavy atom. The Morgan fingerprint density at radius 2 is 1.59 bits per heavy atom. The summed E-state index contributed by atoms with van der Waals surface area (Å²) in [4.78, 5) is 19.8. The van der Waals surface area contributed by atoms with Gasteiger partial charge in [0, 0.05) is 44.0 Å². The summed E-state index contributed by atoms with van der Waals surface area (Å²) >= 11 is 0. The van der Waals surface area contributed by atoms with Gasteiger partial charge in [0.15, 0.2) is 0 Å². The van der Waals surface area contributed by atoms with Gasteiger partial charge in [-0.3, -0.25) is 19.5 Å². The summed E-state index contributed by atoms with van der Waals surface area (Å²) in [5.41, 5.74) is 2.25. The van der Waals surface area contributed by atoms with Crippen LogP contribution in [0, 0.1) is 0 Å². The molecule has 1 unspecified atom stereocenters. The van der Waals surface area contributed by atoms with E-state index < -0.39 is 0 Å². The van der Waals surface area contributed by atoms with Crippen LogP contribution in [0.4, 0.5) is 5.69 Å². The highest BCUT2D eigenvalue weighted by atomic mass is 16.2. The molecule has 3 fully saturated rings. The molecule has 0 radical (unpaired) electrons. The third-order valence-corrected chi connectivity index (χ3v) is 7.23. The predicted octanol–water partition coefficient (Wildman–Crippen LogP) is 3.73. The first-order valence-electron chi connectivity index (χ1n) is 11.8. The van der Waals surface area contributed by atoms with E-state index >= 15 is 0 Å². The van der Waals surface area contributed by atoms with Gasteiger partial charge in [-0.15, -0.1) is 0 Å². The molecule has 2 saturated heterocycles. The van der Waals surface area contributed by atoms with Crippen molar-refractivity contribution in [1.82, 2.24) is 14.7 Å². The number of carbonyl (C=O) groups excluding carboxylic acids is 1. The second-order valence-electron chi connectivity index (χ2n) is 9.19. The third kappa shape index (κ3) is 5.59. The maximum atomic E-state index is 12.2. The van der Waals surface area contributed by atoms with E-state index in [0.29, 0.717) is 12.6 Å². The van der Waals surface area contributed by atoms with Gasteiger partial charge in [0.1, 0.15) is 0 Å².